The second-order valence-electron chi connectivity index (χ2n) is 5.98. The summed E-state index contributed by atoms with van der Waals surface area (Å²) in [7, 11) is 1.95. The van der Waals surface area contributed by atoms with Crippen LogP contribution in [-0.2, 0) is 0 Å². The van der Waals surface area contributed by atoms with Crippen LogP contribution in [0.4, 0.5) is 11.4 Å². The Morgan fingerprint density at radius 1 is 1.38 bits per heavy atom. The van der Waals surface area contributed by atoms with E-state index in [1.807, 2.05) is 11.9 Å². The van der Waals surface area contributed by atoms with E-state index in [-0.39, 0.29) is 16.0 Å². The lowest BCUT2D eigenvalue weighted by Gasteiger charge is -2.30. The number of nitro groups is 1. The molecule has 1 heterocycles. The van der Waals surface area contributed by atoms with Gasteiger partial charge in [-0.3, -0.25) is 15.1 Å². The largest absolute Gasteiger partial charge is 0.372 e. The molecule has 0 saturated carbocycles. The molecule has 21 heavy (non-hydrogen) atoms. The van der Waals surface area contributed by atoms with Gasteiger partial charge in [0.15, 0.2) is 0 Å². The molecule has 0 fully saturated rings. The minimum Gasteiger partial charge on any atom is -0.372 e. The highest BCUT2D eigenvalue weighted by atomic mass is 16.6. The van der Waals surface area contributed by atoms with Gasteiger partial charge in [-0.05, 0) is 30.2 Å². The van der Waals surface area contributed by atoms with Gasteiger partial charge in [0.2, 0.25) is 0 Å². The molecule has 2 rings (SSSR count). The smallest absolute Gasteiger partial charge is 0.278 e. The summed E-state index contributed by atoms with van der Waals surface area (Å²) >= 11 is 0. The first-order chi connectivity index (χ1) is 9.85. The minimum absolute atomic E-state index is 0.0440. The van der Waals surface area contributed by atoms with Crippen molar-refractivity contribution in [3.05, 3.63) is 40.6 Å². The first-order valence-electron chi connectivity index (χ1n) is 6.79. The fraction of sp³-hybridized carbons (Fsp3) is 0.400. The maximum Gasteiger partial charge on any atom is 0.278 e. The number of rotatable bonds is 5. The van der Waals surface area contributed by atoms with Gasteiger partial charge in [0.25, 0.3) is 5.69 Å². The number of hydrogen-bond acceptors (Lipinski definition) is 5. The molecule has 0 atom stereocenters. The van der Waals surface area contributed by atoms with E-state index in [1.165, 1.54) is 6.07 Å². The number of nitrogens with zero attached hydrogens (tertiary/aromatic N) is 3. The Morgan fingerprint density at radius 3 is 2.71 bits per heavy atom. The van der Waals surface area contributed by atoms with Gasteiger partial charge < -0.3 is 10.6 Å². The molecule has 6 nitrogen and oxygen atoms in total. The van der Waals surface area contributed by atoms with E-state index in [0.29, 0.717) is 17.4 Å². The first-order valence-corrected chi connectivity index (χ1v) is 6.79. The van der Waals surface area contributed by atoms with Crippen LogP contribution < -0.4 is 10.6 Å². The van der Waals surface area contributed by atoms with Crippen molar-refractivity contribution in [2.24, 2.45) is 11.1 Å². The van der Waals surface area contributed by atoms with Gasteiger partial charge in [0.1, 0.15) is 5.52 Å². The van der Waals surface area contributed by atoms with Crippen LogP contribution in [0.2, 0.25) is 0 Å². The van der Waals surface area contributed by atoms with Crippen LogP contribution in [0.5, 0.6) is 0 Å². The summed E-state index contributed by atoms with van der Waals surface area (Å²) in [5, 5.41) is 11.7. The van der Waals surface area contributed by atoms with Crippen molar-refractivity contribution in [2.75, 3.05) is 25.0 Å². The monoisotopic (exact) mass is 288 g/mol. The maximum atomic E-state index is 11.1. The normalized spacial score (nSPS) is 11.6. The van der Waals surface area contributed by atoms with Crippen molar-refractivity contribution in [1.82, 2.24) is 4.98 Å². The summed E-state index contributed by atoms with van der Waals surface area (Å²) < 4.78 is 0. The number of benzene rings is 1. The highest BCUT2D eigenvalue weighted by Crippen LogP contribution is 2.32. The molecule has 0 aliphatic heterocycles. The lowest BCUT2D eigenvalue weighted by Crippen LogP contribution is -2.36. The molecular formula is C15H20N4O2. The van der Waals surface area contributed by atoms with Crippen molar-refractivity contribution >= 4 is 22.3 Å². The Kier molecular flexibility index (Phi) is 4.09. The number of aromatic nitrogens is 1. The summed E-state index contributed by atoms with van der Waals surface area (Å²) in [4.78, 5) is 17.1. The topological polar surface area (TPSA) is 85.3 Å². The van der Waals surface area contributed by atoms with E-state index in [4.69, 9.17) is 5.73 Å². The van der Waals surface area contributed by atoms with Crippen LogP contribution in [0, 0.1) is 15.5 Å². The maximum absolute atomic E-state index is 11.1. The van der Waals surface area contributed by atoms with Crippen LogP contribution in [0.1, 0.15) is 13.8 Å². The van der Waals surface area contributed by atoms with Crippen molar-refractivity contribution in [2.45, 2.75) is 13.8 Å². The third-order valence-corrected chi connectivity index (χ3v) is 3.55. The Bertz CT molecular complexity index is 670. The van der Waals surface area contributed by atoms with Gasteiger partial charge in [-0.2, -0.15) is 0 Å². The van der Waals surface area contributed by atoms with E-state index in [2.05, 4.69) is 18.8 Å². The van der Waals surface area contributed by atoms with Gasteiger partial charge in [0.05, 0.1) is 16.0 Å². The van der Waals surface area contributed by atoms with E-state index < -0.39 is 0 Å². The molecule has 112 valence electrons. The molecule has 0 bridgehead atoms. The number of fused-ring (bicyclic) bond motifs is 1. The summed E-state index contributed by atoms with van der Waals surface area (Å²) in [5.41, 5.74) is 7.32. The van der Waals surface area contributed by atoms with E-state index >= 15 is 0 Å². The molecule has 0 amide bonds. The predicted molar refractivity (Wildman–Crippen MR) is 84.5 cm³/mol. The van der Waals surface area contributed by atoms with Crippen molar-refractivity contribution in [3.63, 3.8) is 0 Å². The van der Waals surface area contributed by atoms with E-state index in [9.17, 15) is 10.1 Å². The Labute approximate surface area is 123 Å². The molecule has 2 N–H and O–H groups in total. The molecule has 2 aromatic rings. The molecule has 0 unspecified atom stereocenters. The van der Waals surface area contributed by atoms with Gasteiger partial charge in [-0.1, -0.05) is 13.8 Å². The zero-order valence-electron chi connectivity index (χ0n) is 12.5. The van der Waals surface area contributed by atoms with Crippen molar-refractivity contribution in [1.29, 1.82) is 0 Å². The summed E-state index contributed by atoms with van der Waals surface area (Å²) in [5.74, 6) is 0. The SMILES string of the molecule is CN(CC(C)(C)CN)c1ccc([N+](=O)[O-])c2cccnc12. The zero-order valence-corrected chi connectivity index (χ0v) is 12.5. The molecule has 0 spiro atoms. The lowest BCUT2D eigenvalue weighted by atomic mass is 9.93. The summed E-state index contributed by atoms with van der Waals surface area (Å²) in [6, 6.07) is 6.72. The molecule has 0 radical (unpaired) electrons. The second-order valence-corrected chi connectivity index (χ2v) is 5.98. The molecule has 6 heteroatoms. The Morgan fingerprint density at radius 2 is 2.10 bits per heavy atom. The van der Waals surface area contributed by atoms with Crippen LogP contribution in [0.3, 0.4) is 0 Å². The highest BCUT2D eigenvalue weighted by Gasteiger charge is 2.22. The van der Waals surface area contributed by atoms with Crippen molar-refractivity contribution < 1.29 is 4.92 Å². The Balaban J connectivity index is 2.51. The number of non-ortho nitro benzene ring substituents is 1. The van der Waals surface area contributed by atoms with Crippen LogP contribution >= 0.6 is 0 Å². The van der Waals surface area contributed by atoms with Crippen molar-refractivity contribution in [3.8, 4) is 0 Å². The number of nitrogens with two attached hydrogens (primary N) is 1. The number of anilines is 1. The van der Waals surface area contributed by atoms with E-state index in [1.54, 1.807) is 24.4 Å². The second kappa shape index (κ2) is 5.65. The third kappa shape index (κ3) is 3.11. The van der Waals surface area contributed by atoms with Crippen LogP contribution in [0.25, 0.3) is 10.9 Å². The molecular weight excluding hydrogens is 268 g/mol. The average molecular weight is 288 g/mol. The van der Waals surface area contributed by atoms with E-state index in [0.717, 1.165) is 12.2 Å². The van der Waals surface area contributed by atoms with Gasteiger partial charge in [-0.15, -0.1) is 0 Å². The fourth-order valence-corrected chi connectivity index (χ4v) is 2.40. The highest BCUT2D eigenvalue weighted by molar-refractivity contribution is 5.97. The Hall–Kier alpha value is -2.21. The standard InChI is InChI=1S/C15H20N4O2/c1-15(2,9-16)10-18(3)13-7-6-12(19(20)21)11-5-4-8-17-14(11)13/h4-8H,9-10,16H2,1-3H3. The molecule has 0 aliphatic rings. The lowest BCUT2D eigenvalue weighted by molar-refractivity contribution is -0.383. The van der Waals surface area contributed by atoms with Gasteiger partial charge >= 0.3 is 0 Å². The number of hydrogen-bond donors (Lipinski definition) is 1. The van der Waals surface area contributed by atoms with Crippen LogP contribution in [-0.4, -0.2) is 30.0 Å². The summed E-state index contributed by atoms with van der Waals surface area (Å²) in [6.45, 7) is 5.48. The number of pyridine rings is 1. The van der Waals surface area contributed by atoms with Gasteiger partial charge in [0, 0.05) is 25.9 Å². The molecule has 1 aromatic heterocycles. The predicted octanol–water partition coefficient (Wildman–Crippen LogP) is 2.56. The van der Waals surface area contributed by atoms with Gasteiger partial charge in [-0.25, -0.2) is 0 Å². The average Bonchev–Trinajstić information content (AvgIpc) is 2.45. The zero-order chi connectivity index (χ0) is 15.6. The van der Waals surface area contributed by atoms with Crippen LogP contribution in [0.15, 0.2) is 30.5 Å². The number of nitro benzene ring substituents is 1. The molecule has 0 saturated heterocycles. The summed E-state index contributed by atoms with van der Waals surface area (Å²) in [6.07, 6.45) is 1.65. The molecule has 0 aliphatic carbocycles. The first kappa shape index (κ1) is 15.2. The quantitative estimate of drug-likeness (QED) is 0.675. The minimum atomic E-state index is -0.377. The fourth-order valence-electron chi connectivity index (χ4n) is 2.40. The molecule has 1 aromatic carbocycles. The third-order valence-electron chi connectivity index (χ3n) is 3.55.